The van der Waals surface area contributed by atoms with Gasteiger partial charge in [0.25, 0.3) is 0 Å². The van der Waals surface area contributed by atoms with Crippen LogP contribution in [0.25, 0.3) is 0 Å². The third-order valence-electron chi connectivity index (χ3n) is 3.34. The number of sulfonamides is 1. The van der Waals surface area contributed by atoms with Gasteiger partial charge in [-0.3, -0.25) is 9.59 Å². The number of rotatable bonds is 4. The van der Waals surface area contributed by atoms with Crippen molar-refractivity contribution in [3.8, 4) is 0 Å². The summed E-state index contributed by atoms with van der Waals surface area (Å²) >= 11 is 3.16. The molecule has 1 aromatic rings. The van der Waals surface area contributed by atoms with Crippen LogP contribution in [0.4, 0.5) is 5.69 Å². The first kappa shape index (κ1) is 15.9. The number of hydrogen-bond acceptors (Lipinski definition) is 4. The quantitative estimate of drug-likeness (QED) is 0.816. The van der Waals surface area contributed by atoms with E-state index in [1.807, 2.05) is 0 Å². The van der Waals surface area contributed by atoms with E-state index in [-0.39, 0.29) is 21.7 Å². The molecule has 7 nitrogen and oxygen atoms in total. The molecule has 1 aromatic carbocycles. The lowest BCUT2D eigenvalue weighted by Crippen LogP contribution is -2.40. The smallest absolute Gasteiger partial charge is 0.321 e. The molecule has 1 heterocycles. The second kappa shape index (κ2) is 5.39. The highest BCUT2D eigenvalue weighted by molar-refractivity contribution is 9.10. The fourth-order valence-electron chi connectivity index (χ4n) is 1.94. The molecule has 1 unspecified atom stereocenters. The molecule has 2 rings (SSSR count). The van der Waals surface area contributed by atoms with Gasteiger partial charge in [-0.25, -0.2) is 8.42 Å². The Hall–Kier alpha value is -1.45. The zero-order valence-corrected chi connectivity index (χ0v) is 13.7. The molecule has 1 atom stereocenters. The van der Waals surface area contributed by atoms with Gasteiger partial charge in [0, 0.05) is 17.2 Å². The molecule has 0 radical (unpaired) electrons. The van der Waals surface area contributed by atoms with Crippen LogP contribution < -0.4 is 5.32 Å². The third kappa shape index (κ3) is 2.81. The minimum atomic E-state index is -3.99. The third-order valence-corrected chi connectivity index (χ3v) is 6.23. The largest absolute Gasteiger partial charge is 0.480 e. The SMILES string of the molecule is CC(C(=O)O)N(C)S(=O)(=O)c1cc2c(cc1Br)NC(=O)C2. The van der Waals surface area contributed by atoms with Crippen molar-refractivity contribution in [2.75, 3.05) is 12.4 Å². The van der Waals surface area contributed by atoms with E-state index < -0.39 is 22.0 Å². The standard InChI is InChI=1S/C12H13BrN2O5S/c1-6(12(17)18)15(2)21(19,20)10-3-7-4-11(16)14-9(7)5-8(10)13/h3,5-6H,4H2,1-2H3,(H,14,16)(H,17,18). The summed E-state index contributed by atoms with van der Waals surface area (Å²) in [4.78, 5) is 22.2. The lowest BCUT2D eigenvalue weighted by atomic mass is 10.2. The number of carbonyl (C=O) groups excluding carboxylic acids is 1. The highest BCUT2D eigenvalue weighted by Crippen LogP contribution is 2.34. The number of fused-ring (bicyclic) bond motifs is 1. The van der Waals surface area contributed by atoms with E-state index in [2.05, 4.69) is 21.2 Å². The van der Waals surface area contributed by atoms with E-state index in [9.17, 15) is 18.0 Å². The Morgan fingerprint density at radius 1 is 1.48 bits per heavy atom. The molecular weight excluding hydrogens is 364 g/mol. The number of carboxylic acids is 1. The molecule has 1 amide bonds. The Labute approximate surface area is 130 Å². The molecule has 0 fully saturated rings. The highest BCUT2D eigenvalue weighted by Gasteiger charge is 2.32. The molecule has 21 heavy (non-hydrogen) atoms. The lowest BCUT2D eigenvalue weighted by Gasteiger charge is -2.22. The molecule has 1 aliphatic heterocycles. The van der Waals surface area contributed by atoms with Crippen LogP contribution in [0.15, 0.2) is 21.5 Å². The average molecular weight is 377 g/mol. The number of nitrogens with one attached hydrogen (secondary N) is 1. The van der Waals surface area contributed by atoms with Gasteiger partial charge in [-0.1, -0.05) is 0 Å². The number of carbonyl (C=O) groups is 2. The van der Waals surface area contributed by atoms with Crippen LogP contribution >= 0.6 is 15.9 Å². The number of likely N-dealkylation sites (N-methyl/N-ethyl adjacent to an activating group) is 1. The van der Waals surface area contributed by atoms with E-state index >= 15 is 0 Å². The maximum Gasteiger partial charge on any atom is 0.321 e. The number of hydrogen-bond donors (Lipinski definition) is 2. The maximum atomic E-state index is 12.5. The van der Waals surface area contributed by atoms with E-state index in [0.717, 1.165) is 4.31 Å². The van der Waals surface area contributed by atoms with Crippen LogP contribution in [0.1, 0.15) is 12.5 Å². The van der Waals surface area contributed by atoms with Crippen molar-refractivity contribution >= 4 is 43.5 Å². The van der Waals surface area contributed by atoms with Crippen molar-refractivity contribution in [1.82, 2.24) is 4.31 Å². The van der Waals surface area contributed by atoms with Crippen molar-refractivity contribution in [2.24, 2.45) is 0 Å². The van der Waals surface area contributed by atoms with Crippen LogP contribution in [-0.2, 0) is 26.0 Å². The second-order valence-corrected chi connectivity index (χ2v) is 7.52. The van der Waals surface area contributed by atoms with Crippen molar-refractivity contribution in [2.45, 2.75) is 24.3 Å². The van der Waals surface area contributed by atoms with Gasteiger partial charge in [0.05, 0.1) is 11.3 Å². The first-order valence-corrected chi connectivity index (χ1v) is 8.21. The Morgan fingerprint density at radius 2 is 2.10 bits per heavy atom. The summed E-state index contributed by atoms with van der Waals surface area (Å²) in [5, 5.41) is 11.6. The first-order chi connectivity index (χ1) is 9.64. The predicted octanol–water partition coefficient (Wildman–Crippen LogP) is 1.04. The van der Waals surface area contributed by atoms with Crippen LogP contribution in [0.3, 0.4) is 0 Å². The fraction of sp³-hybridized carbons (Fsp3) is 0.333. The van der Waals surface area contributed by atoms with Crippen molar-refractivity contribution in [3.63, 3.8) is 0 Å². The Bertz CT molecular complexity index is 731. The molecular formula is C12H13BrN2O5S. The topological polar surface area (TPSA) is 104 Å². The van der Waals surface area contributed by atoms with Gasteiger partial charge in [-0.2, -0.15) is 4.31 Å². The number of anilines is 1. The summed E-state index contributed by atoms with van der Waals surface area (Å²) in [5.74, 6) is -1.45. The number of halogens is 1. The van der Waals surface area contributed by atoms with E-state index in [1.54, 1.807) is 0 Å². The molecule has 0 bridgehead atoms. The van der Waals surface area contributed by atoms with Gasteiger partial charge in [0.15, 0.2) is 0 Å². The van der Waals surface area contributed by atoms with Crippen LogP contribution in [0.2, 0.25) is 0 Å². The van der Waals surface area contributed by atoms with Gasteiger partial charge >= 0.3 is 5.97 Å². The molecule has 1 aliphatic rings. The molecule has 0 spiro atoms. The molecule has 2 N–H and O–H groups in total. The van der Waals surface area contributed by atoms with Crippen molar-refractivity contribution < 1.29 is 23.1 Å². The normalized spacial score (nSPS) is 15.7. The van der Waals surface area contributed by atoms with Gasteiger partial charge < -0.3 is 10.4 Å². The summed E-state index contributed by atoms with van der Waals surface area (Å²) < 4.78 is 26.1. The molecule has 0 saturated carbocycles. The second-order valence-electron chi connectivity index (χ2n) is 4.70. The zero-order chi connectivity index (χ0) is 15.9. The lowest BCUT2D eigenvalue weighted by molar-refractivity contribution is -0.140. The highest BCUT2D eigenvalue weighted by atomic mass is 79.9. The Morgan fingerprint density at radius 3 is 2.67 bits per heavy atom. The van der Waals surface area contributed by atoms with E-state index in [0.29, 0.717) is 11.3 Å². The summed E-state index contributed by atoms with van der Waals surface area (Å²) in [5.41, 5.74) is 1.12. The van der Waals surface area contributed by atoms with Crippen molar-refractivity contribution in [3.05, 3.63) is 22.2 Å². The van der Waals surface area contributed by atoms with Crippen LogP contribution in [0.5, 0.6) is 0 Å². The number of benzene rings is 1. The Balaban J connectivity index is 2.49. The van der Waals surface area contributed by atoms with Crippen LogP contribution in [0, 0.1) is 0 Å². The first-order valence-electron chi connectivity index (χ1n) is 5.97. The minimum Gasteiger partial charge on any atom is -0.480 e. The summed E-state index contributed by atoms with van der Waals surface area (Å²) in [6.45, 7) is 1.28. The van der Waals surface area contributed by atoms with Crippen LogP contribution in [-0.4, -0.2) is 42.8 Å². The van der Waals surface area contributed by atoms with E-state index in [4.69, 9.17) is 5.11 Å². The number of carboxylic acid groups (broad SMARTS) is 1. The maximum absolute atomic E-state index is 12.5. The summed E-state index contributed by atoms with van der Waals surface area (Å²) in [6.07, 6.45) is 0.101. The minimum absolute atomic E-state index is 0.0617. The molecule has 114 valence electrons. The molecule has 0 saturated heterocycles. The predicted molar refractivity (Wildman–Crippen MR) is 78.5 cm³/mol. The average Bonchev–Trinajstić information content (AvgIpc) is 2.74. The zero-order valence-electron chi connectivity index (χ0n) is 11.3. The van der Waals surface area contributed by atoms with Gasteiger partial charge in [-0.05, 0) is 40.5 Å². The van der Waals surface area contributed by atoms with Gasteiger partial charge in [0.1, 0.15) is 6.04 Å². The van der Waals surface area contributed by atoms with E-state index in [1.165, 1.54) is 26.1 Å². The van der Waals surface area contributed by atoms with Gasteiger partial charge in [-0.15, -0.1) is 0 Å². The van der Waals surface area contributed by atoms with Gasteiger partial charge in [0.2, 0.25) is 15.9 Å². The number of aliphatic carboxylic acids is 1. The molecule has 0 aliphatic carbocycles. The summed E-state index contributed by atoms with van der Waals surface area (Å²) in [7, 11) is -2.78. The fourth-order valence-corrected chi connectivity index (χ4v) is 4.31. The molecule has 0 aromatic heterocycles. The Kier molecular flexibility index (Phi) is 4.09. The summed E-state index contributed by atoms with van der Waals surface area (Å²) in [6, 6.07) is 1.69. The number of nitrogens with zero attached hydrogens (tertiary/aromatic N) is 1. The van der Waals surface area contributed by atoms with Crippen molar-refractivity contribution in [1.29, 1.82) is 0 Å². The number of amides is 1. The monoisotopic (exact) mass is 376 g/mol. The molecule has 9 heteroatoms.